The van der Waals surface area contributed by atoms with Gasteiger partial charge in [0.2, 0.25) is 5.91 Å². The van der Waals surface area contributed by atoms with Gasteiger partial charge in [-0.3, -0.25) is 9.78 Å². The summed E-state index contributed by atoms with van der Waals surface area (Å²) < 4.78 is 46.1. The highest BCUT2D eigenvalue weighted by molar-refractivity contribution is 7.83. The first-order valence-electron chi connectivity index (χ1n) is 10.0. The largest absolute Gasteiger partial charge is 0.416 e. The molecule has 3 heterocycles. The third-order valence-corrected chi connectivity index (χ3v) is 5.47. The molecule has 0 unspecified atom stereocenters. The van der Waals surface area contributed by atoms with Crippen LogP contribution in [0.3, 0.4) is 0 Å². The molecular weight excluding hydrogens is 455 g/mol. The summed E-state index contributed by atoms with van der Waals surface area (Å²) in [6, 6.07) is 8.15. The van der Waals surface area contributed by atoms with Crippen molar-refractivity contribution >= 4 is 18.5 Å². The fourth-order valence-electron chi connectivity index (χ4n) is 3.60. The smallest absolute Gasteiger partial charge is 0.369 e. The molecule has 33 heavy (non-hydrogen) atoms. The zero-order valence-electron chi connectivity index (χ0n) is 17.3. The maximum Gasteiger partial charge on any atom is 0.416 e. The van der Waals surface area contributed by atoms with Crippen molar-refractivity contribution in [3.05, 3.63) is 77.6 Å². The third kappa shape index (κ3) is 5.42. The van der Waals surface area contributed by atoms with Gasteiger partial charge in [-0.05, 0) is 35.2 Å². The molecule has 0 aliphatic carbocycles. The lowest BCUT2D eigenvalue weighted by atomic mass is 10.1. The maximum absolute atomic E-state index is 12.8. The zero-order valence-corrected chi connectivity index (χ0v) is 18.2. The van der Waals surface area contributed by atoms with E-state index >= 15 is 0 Å². The van der Waals surface area contributed by atoms with Crippen LogP contribution in [0.1, 0.15) is 17.2 Å². The standard InChI is InChI=1S/C22H20F3N5O2S/c23-22(24,25)17-5-3-15(4-6-17)14-32-20-13-29(21(31)7-9-33)12-19(20)30-11-18(27-28-30)16-2-1-8-26-10-16/h1-11,19-20,33H,12-14H2/b9-7+/t19-,20-/m1/s1. The van der Waals surface area contributed by atoms with Crippen molar-refractivity contribution < 1.29 is 22.7 Å². The molecule has 2 aromatic heterocycles. The fraction of sp³-hybridized carbons (Fsp3) is 0.273. The van der Waals surface area contributed by atoms with Gasteiger partial charge in [0.05, 0.1) is 30.5 Å². The average Bonchev–Trinajstić information content (AvgIpc) is 3.45. The van der Waals surface area contributed by atoms with E-state index in [-0.39, 0.29) is 18.6 Å². The summed E-state index contributed by atoms with van der Waals surface area (Å²) in [6.45, 7) is 0.725. The fourth-order valence-corrected chi connectivity index (χ4v) is 3.73. The summed E-state index contributed by atoms with van der Waals surface area (Å²) in [5, 5.41) is 9.79. The number of aromatic nitrogens is 4. The van der Waals surface area contributed by atoms with Crippen LogP contribution in [0.25, 0.3) is 11.3 Å². The molecule has 0 saturated carbocycles. The second-order valence-corrected chi connectivity index (χ2v) is 7.79. The van der Waals surface area contributed by atoms with Crippen molar-refractivity contribution in [3.63, 3.8) is 0 Å². The molecular formula is C22H20F3N5O2S. The Labute approximate surface area is 193 Å². The summed E-state index contributed by atoms with van der Waals surface area (Å²) >= 11 is 3.96. The molecule has 7 nitrogen and oxygen atoms in total. The highest BCUT2D eigenvalue weighted by atomic mass is 32.1. The minimum atomic E-state index is -4.39. The van der Waals surface area contributed by atoms with Crippen LogP contribution in [-0.4, -0.2) is 50.0 Å². The number of likely N-dealkylation sites (tertiary alicyclic amines) is 1. The number of hydrogen-bond acceptors (Lipinski definition) is 6. The number of nitrogens with zero attached hydrogens (tertiary/aromatic N) is 5. The van der Waals surface area contributed by atoms with Gasteiger partial charge in [0.1, 0.15) is 5.69 Å². The number of carbonyl (C=O) groups is 1. The van der Waals surface area contributed by atoms with Crippen molar-refractivity contribution in [2.75, 3.05) is 13.1 Å². The lowest BCUT2D eigenvalue weighted by molar-refractivity contribution is -0.137. The lowest BCUT2D eigenvalue weighted by Crippen LogP contribution is -2.28. The lowest BCUT2D eigenvalue weighted by Gasteiger charge is -2.19. The van der Waals surface area contributed by atoms with E-state index in [4.69, 9.17) is 4.74 Å². The van der Waals surface area contributed by atoms with Crippen LogP contribution in [0, 0.1) is 0 Å². The van der Waals surface area contributed by atoms with Crippen molar-refractivity contribution in [1.29, 1.82) is 0 Å². The topological polar surface area (TPSA) is 73.1 Å². The van der Waals surface area contributed by atoms with Gasteiger partial charge in [0, 0.05) is 37.1 Å². The molecule has 1 aliphatic rings. The van der Waals surface area contributed by atoms with Crippen LogP contribution in [0.4, 0.5) is 13.2 Å². The quantitative estimate of drug-likeness (QED) is 0.434. The number of amides is 1. The Morgan fingerprint density at radius 1 is 1.21 bits per heavy atom. The van der Waals surface area contributed by atoms with Crippen molar-refractivity contribution in [2.24, 2.45) is 0 Å². The molecule has 0 spiro atoms. The molecule has 1 aromatic carbocycles. The van der Waals surface area contributed by atoms with Gasteiger partial charge < -0.3 is 9.64 Å². The van der Waals surface area contributed by atoms with Gasteiger partial charge in [-0.2, -0.15) is 25.8 Å². The van der Waals surface area contributed by atoms with Crippen LogP contribution in [0.15, 0.2) is 66.5 Å². The van der Waals surface area contributed by atoms with E-state index in [1.807, 2.05) is 6.07 Å². The van der Waals surface area contributed by atoms with Gasteiger partial charge in [-0.1, -0.05) is 17.3 Å². The van der Waals surface area contributed by atoms with Crippen LogP contribution >= 0.6 is 12.6 Å². The van der Waals surface area contributed by atoms with E-state index < -0.39 is 17.8 Å². The van der Waals surface area contributed by atoms with Crippen molar-refractivity contribution in [2.45, 2.75) is 24.9 Å². The van der Waals surface area contributed by atoms with Gasteiger partial charge in [-0.25, -0.2) is 4.68 Å². The first-order valence-corrected chi connectivity index (χ1v) is 10.6. The van der Waals surface area contributed by atoms with Gasteiger partial charge in [0.25, 0.3) is 0 Å². The molecule has 0 N–H and O–H groups in total. The molecule has 1 amide bonds. The van der Waals surface area contributed by atoms with E-state index in [0.717, 1.165) is 17.7 Å². The van der Waals surface area contributed by atoms with Crippen molar-refractivity contribution in [3.8, 4) is 11.3 Å². The number of rotatable bonds is 6. The van der Waals surface area contributed by atoms with E-state index in [1.54, 1.807) is 34.2 Å². The number of carbonyl (C=O) groups excluding carboxylic acids is 1. The van der Waals surface area contributed by atoms with E-state index in [2.05, 4.69) is 27.9 Å². The summed E-state index contributed by atoms with van der Waals surface area (Å²) in [4.78, 5) is 18.1. The molecule has 0 radical (unpaired) electrons. The number of pyridine rings is 1. The van der Waals surface area contributed by atoms with Gasteiger partial charge in [-0.15, -0.1) is 5.10 Å². The normalized spacial score (nSPS) is 18.8. The second kappa shape index (κ2) is 9.75. The Balaban J connectivity index is 1.51. The Morgan fingerprint density at radius 2 is 2.00 bits per heavy atom. The number of thiol groups is 1. The second-order valence-electron chi connectivity index (χ2n) is 7.50. The van der Waals surface area contributed by atoms with E-state index in [9.17, 15) is 18.0 Å². The summed E-state index contributed by atoms with van der Waals surface area (Å²) in [5.74, 6) is -0.219. The molecule has 11 heteroatoms. The van der Waals surface area contributed by atoms with Crippen molar-refractivity contribution in [1.82, 2.24) is 24.9 Å². The number of alkyl halides is 3. The highest BCUT2D eigenvalue weighted by Gasteiger charge is 2.37. The van der Waals surface area contributed by atoms with Crippen LogP contribution in [0.2, 0.25) is 0 Å². The van der Waals surface area contributed by atoms with Gasteiger partial charge >= 0.3 is 6.18 Å². The molecule has 172 valence electrons. The first kappa shape index (κ1) is 23.0. The minimum absolute atomic E-state index is 0.0912. The first-order chi connectivity index (χ1) is 15.8. The van der Waals surface area contributed by atoms with Crippen LogP contribution in [-0.2, 0) is 22.3 Å². The van der Waals surface area contributed by atoms with E-state index in [1.165, 1.54) is 23.6 Å². The van der Waals surface area contributed by atoms with Crippen LogP contribution < -0.4 is 0 Å². The predicted molar refractivity (Wildman–Crippen MR) is 117 cm³/mol. The summed E-state index contributed by atoms with van der Waals surface area (Å²) in [5.41, 5.74) is 1.31. The molecule has 0 bridgehead atoms. The number of ether oxygens (including phenoxy) is 1. The van der Waals surface area contributed by atoms with E-state index in [0.29, 0.717) is 24.3 Å². The highest BCUT2D eigenvalue weighted by Crippen LogP contribution is 2.30. The predicted octanol–water partition coefficient (Wildman–Crippen LogP) is 3.77. The monoisotopic (exact) mass is 475 g/mol. The molecule has 1 aliphatic heterocycles. The molecule has 3 aromatic rings. The minimum Gasteiger partial charge on any atom is -0.369 e. The molecule has 1 fully saturated rings. The Bertz CT molecular complexity index is 1120. The molecule has 1 saturated heterocycles. The summed E-state index contributed by atoms with van der Waals surface area (Å²) in [7, 11) is 0. The zero-order chi connectivity index (χ0) is 23.4. The Morgan fingerprint density at radius 3 is 2.67 bits per heavy atom. The van der Waals surface area contributed by atoms with Crippen LogP contribution in [0.5, 0.6) is 0 Å². The summed E-state index contributed by atoms with van der Waals surface area (Å²) in [6.07, 6.45) is 1.62. The number of halogens is 3. The molecule has 2 atom stereocenters. The number of hydrogen-bond donors (Lipinski definition) is 1. The average molecular weight is 475 g/mol. The number of benzene rings is 1. The Kier molecular flexibility index (Phi) is 6.80. The maximum atomic E-state index is 12.8. The SMILES string of the molecule is O=C(/C=C/S)N1C[C@@H](n2cc(-c3cccnc3)nn2)[C@H](OCc2ccc(C(F)(F)F)cc2)C1. The third-order valence-electron chi connectivity index (χ3n) is 5.32. The molecule has 4 rings (SSSR count). The Hall–Kier alpha value is -3.18. The van der Waals surface area contributed by atoms with Gasteiger partial charge in [0.15, 0.2) is 0 Å².